The SMILES string of the molecule is CC(O)(Cc1cncs1)c1ccc(Br)cc1Cl. The van der Waals surface area contributed by atoms with Gasteiger partial charge in [-0.3, -0.25) is 4.98 Å². The smallest absolute Gasteiger partial charge is 0.0931 e. The van der Waals surface area contributed by atoms with Gasteiger partial charge in [-0.1, -0.05) is 33.6 Å². The second-order valence-electron chi connectivity index (χ2n) is 4.04. The van der Waals surface area contributed by atoms with Gasteiger partial charge in [-0.15, -0.1) is 11.3 Å². The van der Waals surface area contributed by atoms with Crippen molar-refractivity contribution in [2.45, 2.75) is 18.9 Å². The highest BCUT2D eigenvalue weighted by molar-refractivity contribution is 9.10. The summed E-state index contributed by atoms with van der Waals surface area (Å²) in [6.45, 7) is 1.77. The molecule has 90 valence electrons. The first kappa shape index (κ1) is 13.0. The highest BCUT2D eigenvalue weighted by atomic mass is 79.9. The molecule has 0 amide bonds. The van der Waals surface area contributed by atoms with Gasteiger partial charge in [0.1, 0.15) is 0 Å². The van der Waals surface area contributed by atoms with Crippen molar-refractivity contribution in [2.75, 3.05) is 0 Å². The van der Waals surface area contributed by atoms with Gasteiger partial charge in [0, 0.05) is 32.6 Å². The van der Waals surface area contributed by atoms with Gasteiger partial charge >= 0.3 is 0 Å². The molecule has 0 aliphatic carbocycles. The zero-order valence-corrected chi connectivity index (χ0v) is 12.3. The second kappa shape index (κ2) is 5.06. The molecule has 0 aliphatic heterocycles. The summed E-state index contributed by atoms with van der Waals surface area (Å²) in [6, 6.07) is 5.51. The van der Waals surface area contributed by atoms with E-state index in [2.05, 4.69) is 20.9 Å². The Morgan fingerprint density at radius 2 is 2.29 bits per heavy atom. The van der Waals surface area contributed by atoms with Crippen LogP contribution in [0.25, 0.3) is 0 Å². The van der Waals surface area contributed by atoms with Crippen LogP contribution in [0.2, 0.25) is 5.02 Å². The fraction of sp³-hybridized carbons (Fsp3) is 0.250. The van der Waals surface area contributed by atoms with Gasteiger partial charge in [-0.25, -0.2) is 0 Å². The molecular weight excluding hydrogens is 322 g/mol. The van der Waals surface area contributed by atoms with Crippen molar-refractivity contribution in [3.8, 4) is 0 Å². The number of aromatic nitrogens is 1. The molecule has 0 bridgehead atoms. The molecule has 0 radical (unpaired) electrons. The van der Waals surface area contributed by atoms with Crippen molar-refractivity contribution in [1.29, 1.82) is 0 Å². The molecule has 1 N–H and O–H groups in total. The van der Waals surface area contributed by atoms with Crippen LogP contribution in [0.3, 0.4) is 0 Å². The predicted octanol–water partition coefficient (Wildman–Crippen LogP) is 4.01. The van der Waals surface area contributed by atoms with E-state index in [1.807, 2.05) is 12.1 Å². The van der Waals surface area contributed by atoms with E-state index < -0.39 is 5.60 Å². The molecule has 1 atom stereocenters. The van der Waals surface area contributed by atoms with E-state index in [1.165, 1.54) is 11.3 Å². The molecule has 5 heteroatoms. The first-order valence-corrected chi connectivity index (χ1v) is 7.09. The van der Waals surface area contributed by atoms with Crippen molar-refractivity contribution in [3.63, 3.8) is 0 Å². The monoisotopic (exact) mass is 331 g/mol. The molecule has 0 spiro atoms. The Bertz CT molecular complexity index is 513. The minimum absolute atomic E-state index is 0.513. The summed E-state index contributed by atoms with van der Waals surface area (Å²) in [6.07, 6.45) is 2.28. The van der Waals surface area contributed by atoms with Crippen molar-refractivity contribution in [1.82, 2.24) is 4.98 Å². The molecule has 0 saturated heterocycles. The molecule has 17 heavy (non-hydrogen) atoms. The molecule has 2 aromatic rings. The Morgan fingerprint density at radius 1 is 1.53 bits per heavy atom. The van der Waals surface area contributed by atoms with Gasteiger partial charge < -0.3 is 5.11 Å². The molecule has 1 aromatic heterocycles. The Kier molecular flexibility index (Phi) is 3.88. The summed E-state index contributed by atoms with van der Waals surface area (Å²) in [4.78, 5) is 5.04. The Morgan fingerprint density at radius 3 is 2.88 bits per heavy atom. The standard InChI is InChI=1S/C12H11BrClNOS/c1-12(16,5-9-6-15-7-17-9)10-3-2-8(13)4-11(10)14/h2-4,6-7,16H,5H2,1H3. The van der Waals surface area contributed by atoms with Crippen LogP contribution in [0.15, 0.2) is 34.4 Å². The van der Waals surface area contributed by atoms with Crippen molar-refractivity contribution in [3.05, 3.63) is 49.8 Å². The molecule has 2 nitrogen and oxygen atoms in total. The maximum absolute atomic E-state index is 10.5. The van der Waals surface area contributed by atoms with Crippen LogP contribution < -0.4 is 0 Å². The average Bonchev–Trinajstić information content (AvgIpc) is 2.68. The Balaban J connectivity index is 2.30. The minimum atomic E-state index is -0.982. The van der Waals surface area contributed by atoms with Gasteiger partial charge in [0.15, 0.2) is 0 Å². The van der Waals surface area contributed by atoms with Gasteiger partial charge in [0.25, 0.3) is 0 Å². The third kappa shape index (κ3) is 3.07. The van der Waals surface area contributed by atoms with E-state index >= 15 is 0 Å². The van der Waals surface area contributed by atoms with Gasteiger partial charge in [0.2, 0.25) is 0 Å². The molecule has 0 fully saturated rings. The average molecular weight is 333 g/mol. The topological polar surface area (TPSA) is 33.1 Å². The molecular formula is C12H11BrClNOS. The molecule has 2 rings (SSSR count). The first-order valence-electron chi connectivity index (χ1n) is 5.04. The van der Waals surface area contributed by atoms with Crippen LogP contribution in [0.4, 0.5) is 0 Å². The molecule has 1 aromatic carbocycles. The number of hydrogen-bond donors (Lipinski definition) is 1. The normalized spacial score (nSPS) is 14.6. The van der Waals surface area contributed by atoms with E-state index in [1.54, 1.807) is 24.7 Å². The highest BCUT2D eigenvalue weighted by Gasteiger charge is 2.26. The minimum Gasteiger partial charge on any atom is -0.385 e. The number of hydrogen-bond acceptors (Lipinski definition) is 3. The van der Waals surface area contributed by atoms with E-state index in [9.17, 15) is 5.11 Å². The summed E-state index contributed by atoms with van der Waals surface area (Å²) >= 11 is 11.0. The number of halogens is 2. The lowest BCUT2D eigenvalue weighted by atomic mass is 9.92. The van der Waals surface area contributed by atoms with E-state index in [0.717, 1.165) is 14.9 Å². The van der Waals surface area contributed by atoms with E-state index in [4.69, 9.17) is 11.6 Å². The number of nitrogens with zero attached hydrogens (tertiary/aromatic N) is 1. The number of aliphatic hydroxyl groups is 1. The number of rotatable bonds is 3. The summed E-state index contributed by atoms with van der Waals surface area (Å²) in [5.74, 6) is 0. The zero-order valence-electron chi connectivity index (χ0n) is 9.15. The fourth-order valence-electron chi connectivity index (χ4n) is 1.69. The Labute approximate surface area is 117 Å². The van der Waals surface area contributed by atoms with Crippen LogP contribution in [0.5, 0.6) is 0 Å². The lowest BCUT2D eigenvalue weighted by molar-refractivity contribution is 0.0585. The maximum Gasteiger partial charge on any atom is 0.0931 e. The van der Waals surface area contributed by atoms with Gasteiger partial charge in [0.05, 0.1) is 11.1 Å². The van der Waals surface area contributed by atoms with Gasteiger partial charge in [-0.2, -0.15) is 0 Å². The largest absolute Gasteiger partial charge is 0.385 e. The van der Waals surface area contributed by atoms with Crippen molar-refractivity contribution >= 4 is 38.9 Å². The number of thiazole rings is 1. The molecule has 1 heterocycles. The van der Waals surface area contributed by atoms with Crippen LogP contribution in [-0.2, 0) is 12.0 Å². The van der Waals surface area contributed by atoms with Crippen LogP contribution >= 0.6 is 38.9 Å². The third-order valence-corrected chi connectivity index (χ3v) is 4.10. The summed E-state index contributed by atoms with van der Waals surface area (Å²) in [7, 11) is 0. The lowest BCUT2D eigenvalue weighted by Crippen LogP contribution is -2.24. The summed E-state index contributed by atoms with van der Waals surface area (Å²) in [5.41, 5.74) is 1.51. The van der Waals surface area contributed by atoms with Crippen molar-refractivity contribution < 1.29 is 5.11 Å². The molecule has 1 unspecified atom stereocenters. The summed E-state index contributed by atoms with van der Waals surface area (Å²) < 4.78 is 0.903. The van der Waals surface area contributed by atoms with E-state index in [-0.39, 0.29) is 0 Å². The van der Waals surface area contributed by atoms with E-state index in [0.29, 0.717) is 11.4 Å². The zero-order chi connectivity index (χ0) is 12.5. The third-order valence-electron chi connectivity index (χ3n) is 2.51. The predicted molar refractivity (Wildman–Crippen MR) is 74.5 cm³/mol. The van der Waals surface area contributed by atoms with Crippen LogP contribution in [0, 0.1) is 0 Å². The van der Waals surface area contributed by atoms with Crippen molar-refractivity contribution in [2.24, 2.45) is 0 Å². The van der Waals surface area contributed by atoms with Gasteiger partial charge in [-0.05, 0) is 19.1 Å². The molecule has 0 saturated carbocycles. The second-order valence-corrected chi connectivity index (χ2v) is 6.34. The summed E-state index contributed by atoms with van der Waals surface area (Å²) in [5, 5.41) is 11.1. The number of benzene rings is 1. The van der Waals surface area contributed by atoms with Crippen LogP contribution in [0.1, 0.15) is 17.4 Å². The maximum atomic E-state index is 10.5. The lowest BCUT2D eigenvalue weighted by Gasteiger charge is -2.24. The molecule has 0 aliphatic rings. The first-order chi connectivity index (χ1) is 7.99. The van der Waals surface area contributed by atoms with Crippen LogP contribution in [-0.4, -0.2) is 10.1 Å². The Hall–Kier alpha value is -0.420. The quantitative estimate of drug-likeness (QED) is 0.921. The fourth-order valence-corrected chi connectivity index (χ4v) is 3.31. The highest BCUT2D eigenvalue weighted by Crippen LogP contribution is 2.33.